The van der Waals surface area contributed by atoms with Gasteiger partial charge >= 0.3 is 0 Å². The van der Waals surface area contributed by atoms with E-state index in [9.17, 15) is 0 Å². The van der Waals surface area contributed by atoms with Crippen molar-refractivity contribution in [3.8, 4) is 0 Å². The first-order valence-corrected chi connectivity index (χ1v) is 4.45. The lowest BCUT2D eigenvalue weighted by molar-refractivity contribution is 0.204. The molecule has 2 rings (SSSR count). The van der Waals surface area contributed by atoms with Gasteiger partial charge in [0.2, 0.25) is 0 Å². The summed E-state index contributed by atoms with van der Waals surface area (Å²) in [5.74, 6) is 1.58. The Kier molecular flexibility index (Phi) is 1.40. The van der Waals surface area contributed by atoms with Gasteiger partial charge in [-0.3, -0.25) is 0 Å². The van der Waals surface area contributed by atoms with Crippen molar-refractivity contribution in [3.05, 3.63) is 11.6 Å². The van der Waals surface area contributed by atoms with E-state index < -0.39 is 0 Å². The van der Waals surface area contributed by atoms with E-state index >= 15 is 0 Å². The lowest BCUT2D eigenvalue weighted by Gasteiger charge is -2.05. The Morgan fingerprint density at radius 3 is 2.91 bits per heavy atom. The Bertz CT molecular complexity index is 207. The van der Waals surface area contributed by atoms with E-state index in [4.69, 9.17) is 5.11 Å². The monoisotopic (exact) mass is 152 g/mol. The van der Waals surface area contributed by atoms with E-state index in [1.54, 1.807) is 0 Å². The SMILES string of the molecule is CC1=CC[C@@H]2[C@H](C1)[C@]2(C)CO. The van der Waals surface area contributed by atoms with Crippen molar-refractivity contribution in [1.82, 2.24) is 0 Å². The quantitative estimate of drug-likeness (QED) is 0.569. The summed E-state index contributed by atoms with van der Waals surface area (Å²) < 4.78 is 0. The predicted molar refractivity (Wildman–Crippen MR) is 45.2 cm³/mol. The molecule has 0 aromatic rings. The molecule has 0 radical (unpaired) electrons. The van der Waals surface area contributed by atoms with Crippen LogP contribution in [0.15, 0.2) is 11.6 Å². The van der Waals surface area contributed by atoms with Crippen LogP contribution in [0.3, 0.4) is 0 Å². The third-order valence-electron chi connectivity index (χ3n) is 3.67. The van der Waals surface area contributed by atoms with Crippen LogP contribution >= 0.6 is 0 Å². The molecule has 0 heterocycles. The van der Waals surface area contributed by atoms with Crippen LogP contribution in [0.4, 0.5) is 0 Å². The Hall–Kier alpha value is -0.300. The van der Waals surface area contributed by atoms with Gasteiger partial charge in [0.05, 0.1) is 0 Å². The van der Waals surface area contributed by atoms with Crippen LogP contribution in [0.25, 0.3) is 0 Å². The summed E-state index contributed by atoms with van der Waals surface area (Å²) >= 11 is 0. The molecule has 1 N–H and O–H groups in total. The molecule has 0 aromatic carbocycles. The maximum atomic E-state index is 9.16. The Balaban J connectivity index is 2.10. The first-order valence-electron chi connectivity index (χ1n) is 4.45. The number of hydrogen-bond acceptors (Lipinski definition) is 1. The summed E-state index contributed by atoms with van der Waals surface area (Å²) in [6.45, 7) is 4.80. The first-order chi connectivity index (χ1) is 5.18. The van der Waals surface area contributed by atoms with E-state index in [0.717, 1.165) is 11.8 Å². The van der Waals surface area contributed by atoms with Crippen LogP contribution in [0, 0.1) is 17.3 Å². The minimum atomic E-state index is 0.272. The minimum absolute atomic E-state index is 0.272. The molecule has 0 amide bonds. The molecular weight excluding hydrogens is 136 g/mol. The molecule has 1 fully saturated rings. The molecule has 2 aliphatic rings. The first kappa shape index (κ1) is 7.35. The molecule has 0 aliphatic heterocycles. The summed E-state index contributed by atoms with van der Waals surface area (Å²) in [4.78, 5) is 0. The van der Waals surface area contributed by atoms with Crippen molar-refractivity contribution < 1.29 is 5.11 Å². The van der Waals surface area contributed by atoms with Gasteiger partial charge in [0.15, 0.2) is 0 Å². The van der Waals surface area contributed by atoms with Crippen LogP contribution in [-0.2, 0) is 0 Å². The number of fused-ring (bicyclic) bond motifs is 1. The number of allylic oxidation sites excluding steroid dienone is 2. The molecule has 62 valence electrons. The Labute approximate surface area is 68.1 Å². The van der Waals surface area contributed by atoms with E-state index in [1.165, 1.54) is 18.4 Å². The van der Waals surface area contributed by atoms with Crippen LogP contribution in [-0.4, -0.2) is 11.7 Å². The maximum Gasteiger partial charge on any atom is 0.0490 e. The standard InChI is InChI=1S/C10H16O/c1-7-3-4-8-9(5-7)10(8,2)6-11/h3,8-9,11H,4-6H2,1-2H3/t8-,9+,10-/m1/s1. The lowest BCUT2D eigenvalue weighted by atomic mass is 10.0. The normalized spacial score (nSPS) is 48.1. The van der Waals surface area contributed by atoms with Gasteiger partial charge in [-0.1, -0.05) is 18.6 Å². The van der Waals surface area contributed by atoms with E-state index in [1.807, 2.05) is 0 Å². The molecule has 0 bridgehead atoms. The van der Waals surface area contributed by atoms with Crippen molar-refractivity contribution >= 4 is 0 Å². The fourth-order valence-corrected chi connectivity index (χ4v) is 2.57. The molecule has 3 atom stereocenters. The van der Waals surface area contributed by atoms with Crippen LogP contribution in [0.2, 0.25) is 0 Å². The van der Waals surface area contributed by atoms with E-state index in [-0.39, 0.29) is 5.41 Å². The van der Waals surface area contributed by atoms with Gasteiger partial charge in [0.25, 0.3) is 0 Å². The van der Waals surface area contributed by atoms with Crippen LogP contribution in [0.5, 0.6) is 0 Å². The lowest BCUT2D eigenvalue weighted by Crippen LogP contribution is -2.04. The van der Waals surface area contributed by atoms with Gasteiger partial charge in [-0.2, -0.15) is 0 Å². The summed E-state index contributed by atoms with van der Waals surface area (Å²) in [5.41, 5.74) is 1.79. The second kappa shape index (κ2) is 2.10. The van der Waals surface area contributed by atoms with Crippen molar-refractivity contribution in [2.45, 2.75) is 26.7 Å². The van der Waals surface area contributed by atoms with Crippen molar-refractivity contribution in [3.63, 3.8) is 0 Å². The number of hydrogen-bond donors (Lipinski definition) is 1. The molecule has 1 saturated carbocycles. The highest BCUT2D eigenvalue weighted by Gasteiger charge is 2.60. The molecule has 2 aliphatic carbocycles. The number of rotatable bonds is 1. The largest absolute Gasteiger partial charge is 0.396 e. The van der Waals surface area contributed by atoms with Crippen molar-refractivity contribution in [1.29, 1.82) is 0 Å². The molecule has 1 heteroatoms. The molecule has 11 heavy (non-hydrogen) atoms. The van der Waals surface area contributed by atoms with E-state index in [0.29, 0.717) is 6.61 Å². The summed E-state index contributed by atoms with van der Waals surface area (Å²) in [7, 11) is 0. The highest BCUT2D eigenvalue weighted by Crippen LogP contribution is 2.64. The Morgan fingerprint density at radius 2 is 2.36 bits per heavy atom. The summed E-state index contributed by atoms with van der Waals surface area (Å²) in [6.07, 6.45) is 4.76. The van der Waals surface area contributed by atoms with Gasteiger partial charge in [-0.05, 0) is 37.0 Å². The van der Waals surface area contributed by atoms with Crippen molar-refractivity contribution in [2.24, 2.45) is 17.3 Å². The third-order valence-corrected chi connectivity index (χ3v) is 3.67. The molecule has 0 aromatic heterocycles. The minimum Gasteiger partial charge on any atom is -0.396 e. The average Bonchev–Trinajstić information content (AvgIpc) is 2.58. The highest BCUT2D eigenvalue weighted by molar-refractivity contribution is 5.20. The summed E-state index contributed by atoms with van der Waals surface area (Å²) in [5, 5.41) is 9.16. The second-order valence-corrected chi connectivity index (χ2v) is 4.37. The van der Waals surface area contributed by atoms with Gasteiger partial charge in [-0.25, -0.2) is 0 Å². The van der Waals surface area contributed by atoms with Gasteiger partial charge in [-0.15, -0.1) is 0 Å². The molecule has 0 unspecified atom stereocenters. The zero-order chi connectivity index (χ0) is 8.06. The molecule has 0 saturated heterocycles. The Morgan fingerprint density at radius 1 is 1.64 bits per heavy atom. The highest BCUT2D eigenvalue weighted by atomic mass is 16.3. The van der Waals surface area contributed by atoms with Gasteiger partial charge < -0.3 is 5.11 Å². The van der Waals surface area contributed by atoms with Crippen LogP contribution in [0.1, 0.15) is 26.7 Å². The summed E-state index contributed by atoms with van der Waals surface area (Å²) in [6, 6.07) is 0. The van der Waals surface area contributed by atoms with E-state index in [2.05, 4.69) is 19.9 Å². The van der Waals surface area contributed by atoms with Crippen LogP contribution < -0.4 is 0 Å². The maximum absolute atomic E-state index is 9.16. The zero-order valence-electron chi connectivity index (χ0n) is 7.30. The number of aliphatic hydroxyl groups excluding tert-OH is 1. The zero-order valence-corrected chi connectivity index (χ0v) is 7.30. The fraction of sp³-hybridized carbons (Fsp3) is 0.800. The average molecular weight is 152 g/mol. The third kappa shape index (κ3) is 0.871. The second-order valence-electron chi connectivity index (χ2n) is 4.37. The van der Waals surface area contributed by atoms with Crippen molar-refractivity contribution in [2.75, 3.05) is 6.61 Å². The predicted octanol–water partition coefficient (Wildman–Crippen LogP) is 1.97. The van der Waals surface area contributed by atoms with Gasteiger partial charge in [0, 0.05) is 6.61 Å². The molecular formula is C10H16O. The molecule has 1 nitrogen and oxygen atoms in total. The number of aliphatic hydroxyl groups is 1. The van der Waals surface area contributed by atoms with Gasteiger partial charge in [0.1, 0.15) is 0 Å². The molecule has 0 spiro atoms. The topological polar surface area (TPSA) is 20.2 Å². The smallest absolute Gasteiger partial charge is 0.0490 e. The fourth-order valence-electron chi connectivity index (χ4n) is 2.57.